The highest BCUT2D eigenvalue weighted by atomic mass is 35.5. The Morgan fingerprint density at radius 2 is 1.84 bits per heavy atom. The van der Waals surface area contributed by atoms with Gasteiger partial charge in [0.15, 0.2) is 0 Å². The highest BCUT2D eigenvalue weighted by Gasteiger charge is 2.32. The number of halogens is 2. The van der Waals surface area contributed by atoms with Crippen molar-refractivity contribution in [3.8, 4) is 0 Å². The smallest absolute Gasteiger partial charge is 0.223 e. The molecular formula is C23H28ClFN2O3S. The second-order valence-corrected chi connectivity index (χ2v) is 10.4. The number of amides is 1. The minimum Gasteiger partial charge on any atom is -0.353 e. The van der Waals surface area contributed by atoms with E-state index in [0.717, 1.165) is 12.8 Å². The van der Waals surface area contributed by atoms with E-state index in [-0.39, 0.29) is 41.5 Å². The summed E-state index contributed by atoms with van der Waals surface area (Å²) in [6, 6.07) is 14.3. The first-order chi connectivity index (χ1) is 14.8. The fourth-order valence-electron chi connectivity index (χ4n) is 3.80. The molecule has 1 saturated heterocycles. The van der Waals surface area contributed by atoms with E-state index < -0.39 is 21.6 Å². The van der Waals surface area contributed by atoms with Crippen LogP contribution in [-0.4, -0.2) is 37.8 Å². The first-order valence-corrected chi connectivity index (χ1v) is 12.5. The van der Waals surface area contributed by atoms with E-state index in [1.54, 1.807) is 0 Å². The summed E-state index contributed by atoms with van der Waals surface area (Å²) in [5.41, 5.74) is 1.22. The predicted molar refractivity (Wildman–Crippen MR) is 121 cm³/mol. The molecule has 1 amide bonds. The number of carbonyl (C=O) groups excluding carboxylic acids is 1. The number of hydrogen-bond donors (Lipinski definition) is 1. The van der Waals surface area contributed by atoms with Gasteiger partial charge in [-0.3, -0.25) is 4.79 Å². The van der Waals surface area contributed by atoms with Crippen LogP contribution in [0.5, 0.6) is 0 Å². The molecule has 1 aliphatic heterocycles. The molecule has 2 aromatic carbocycles. The van der Waals surface area contributed by atoms with Crippen molar-refractivity contribution in [2.75, 3.05) is 13.1 Å². The van der Waals surface area contributed by atoms with Gasteiger partial charge in [-0.1, -0.05) is 48.0 Å². The van der Waals surface area contributed by atoms with E-state index in [1.807, 2.05) is 25.1 Å². The van der Waals surface area contributed by atoms with Crippen molar-refractivity contribution in [2.45, 2.75) is 44.4 Å². The topological polar surface area (TPSA) is 66.5 Å². The average molecular weight is 467 g/mol. The zero-order valence-electron chi connectivity index (χ0n) is 17.6. The van der Waals surface area contributed by atoms with Crippen LogP contribution >= 0.6 is 11.6 Å². The second-order valence-electron chi connectivity index (χ2n) is 8.06. The summed E-state index contributed by atoms with van der Waals surface area (Å²) < 4.78 is 40.8. The van der Waals surface area contributed by atoms with Gasteiger partial charge < -0.3 is 5.32 Å². The molecule has 1 atom stereocenters. The number of piperidine rings is 1. The van der Waals surface area contributed by atoms with Gasteiger partial charge in [-0.15, -0.1) is 0 Å². The van der Waals surface area contributed by atoms with Crippen LogP contribution in [-0.2, 0) is 27.0 Å². The summed E-state index contributed by atoms with van der Waals surface area (Å²) in [5.74, 6) is -1.36. The number of sulfonamides is 1. The quantitative estimate of drug-likeness (QED) is 0.635. The molecule has 0 aliphatic carbocycles. The number of nitrogens with zero attached hydrogens (tertiary/aromatic N) is 1. The molecule has 8 heteroatoms. The highest BCUT2D eigenvalue weighted by Crippen LogP contribution is 2.26. The Bertz CT molecular complexity index is 973. The van der Waals surface area contributed by atoms with Crippen molar-refractivity contribution >= 4 is 27.5 Å². The number of benzene rings is 2. The Kier molecular flexibility index (Phi) is 8.08. The van der Waals surface area contributed by atoms with Gasteiger partial charge >= 0.3 is 0 Å². The van der Waals surface area contributed by atoms with Gasteiger partial charge in [-0.2, -0.15) is 0 Å². The van der Waals surface area contributed by atoms with E-state index in [9.17, 15) is 17.6 Å². The third kappa shape index (κ3) is 6.51. The first kappa shape index (κ1) is 23.7. The van der Waals surface area contributed by atoms with E-state index in [2.05, 4.69) is 17.4 Å². The van der Waals surface area contributed by atoms with Gasteiger partial charge in [-0.25, -0.2) is 17.1 Å². The Labute approximate surface area is 188 Å². The Hall–Kier alpha value is -1.96. The zero-order valence-corrected chi connectivity index (χ0v) is 19.1. The van der Waals surface area contributed by atoms with Gasteiger partial charge in [0.1, 0.15) is 5.82 Å². The molecule has 0 saturated carbocycles. The molecule has 168 valence electrons. The summed E-state index contributed by atoms with van der Waals surface area (Å²) in [7, 11) is -3.72. The summed E-state index contributed by atoms with van der Waals surface area (Å²) in [6.07, 6.45) is 2.62. The van der Waals surface area contributed by atoms with Crippen LogP contribution in [0.3, 0.4) is 0 Å². The Morgan fingerprint density at radius 3 is 2.48 bits per heavy atom. The van der Waals surface area contributed by atoms with Crippen molar-refractivity contribution in [3.63, 3.8) is 0 Å². The average Bonchev–Trinajstić information content (AvgIpc) is 2.76. The lowest BCUT2D eigenvalue weighted by Gasteiger charge is -2.31. The summed E-state index contributed by atoms with van der Waals surface area (Å²) >= 11 is 5.98. The van der Waals surface area contributed by atoms with Gasteiger partial charge in [0.05, 0.1) is 5.75 Å². The maximum atomic E-state index is 14.0. The lowest BCUT2D eigenvalue weighted by molar-refractivity contribution is -0.126. The van der Waals surface area contributed by atoms with E-state index in [0.29, 0.717) is 12.8 Å². The third-order valence-corrected chi connectivity index (χ3v) is 7.86. The monoisotopic (exact) mass is 466 g/mol. The maximum absolute atomic E-state index is 14.0. The SMILES string of the molecule is C[C@@H](CCc1ccccc1)NC(=O)C1CCN(S(=O)(=O)Cc2c(F)cccc2Cl)CC1. The molecular weight excluding hydrogens is 439 g/mol. The predicted octanol–water partition coefficient (Wildman–Crippen LogP) is 4.16. The largest absolute Gasteiger partial charge is 0.353 e. The highest BCUT2D eigenvalue weighted by molar-refractivity contribution is 7.88. The molecule has 2 aromatic rings. The third-order valence-electron chi connectivity index (χ3n) is 5.70. The molecule has 0 unspecified atom stereocenters. The van der Waals surface area contributed by atoms with Crippen LogP contribution in [0.1, 0.15) is 37.3 Å². The van der Waals surface area contributed by atoms with Crippen LogP contribution < -0.4 is 5.32 Å². The van der Waals surface area contributed by atoms with Crippen molar-refractivity contribution < 1.29 is 17.6 Å². The summed E-state index contributed by atoms with van der Waals surface area (Å²) in [6.45, 7) is 2.47. The van der Waals surface area contributed by atoms with Gasteiger partial charge in [0, 0.05) is 35.6 Å². The molecule has 1 heterocycles. The molecule has 1 fully saturated rings. The number of nitrogens with one attached hydrogen (secondary N) is 1. The molecule has 0 radical (unpaired) electrons. The van der Waals surface area contributed by atoms with Crippen molar-refractivity contribution in [1.29, 1.82) is 0 Å². The van der Waals surface area contributed by atoms with Crippen molar-refractivity contribution in [2.24, 2.45) is 5.92 Å². The minimum atomic E-state index is -3.72. The number of rotatable bonds is 8. The summed E-state index contributed by atoms with van der Waals surface area (Å²) in [4.78, 5) is 12.6. The van der Waals surface area contributed by atoms with Crippen LogP contribution in [0, 0.1) is 11.7 Å². The molecule has 0 spiro atoms. The number of aryl methyl sites for hydroxylation is 1. The summed E-state index contributed by atoms with van der Waals surface area (Å²) in [5, 5.41) is 3.15. The number of carbonyl (C=O) groups is 1. The van der Waals surface area contributed by atoms with Gasteiger partial charge in [0.2, 0.25) is 15.9 Å². The van der Waals surface area contributed by atoms with Crippen LogP contribution in [0.4, 0.5) is 4.39 Å². The van der Waals surface area contributed by atoms with Crippen LogP contribution in [0.25, 0.3) is 0 Å². The molecule has 31 heavy (non-hydrogen) atoms. The first-order valence-electron chi connectivity index (χ1n) is 10.5. The van der Waals surface area contributed by atoms with E-state index in [4.69, 9.17) is 11.6 Å². The molecule has 1 aliphatic rings. The standard InChI is InChI=1S/C23H28ClFN2O3S/c1-17(10-11-18-6-3-2-4-7-18)26-23(28)19-12-14-27(15-13-19)31(29,30)16-20-21(24)8-5-9-22(20)25/h2-9,17,19H,10-16H2,1H3,(H,26,28)/t17-/m0/s1. The Balaban J connectivity index is 1.48. The molecule has 3 rings (SSSR count). The molecule has 1 N–H and O–H groups in total. The zero-order chi connectivity index (χ0) is 22.4. The molecule has 0 bridgehead atoms. The normalized spacial score (nSPS) is 16.7. The van der Waals surface area contributed by atoms with Gasteiger partial charge in [-0.05, 0) is 50.3 Å². The molecule has 5 nitrogen and oxygen atoms in total. The van der Waals surface area contributed by atoms with Crippen LogP contribution in [0.15, 0.2) is 48.5 Å². The van der Waals surface area contributed by atoms with Gasteiger partial charge in [0.25, 0.3) is 0 Å². The molecule has 0 aromatic heterocycles. The Morgan fingerprint density at radius 1 is 1.16 bits per heavy atom. The lowest BCUT2D eigenvalue weighted by Crippen LogP contribution is -2.45. The van der Waals surface area contributed by atoms with E-state index in [1.165, 1.54) is 28.1 Å². The second kappa shape index (κ2) is 10.6. The fourth-order valence-corrected chi connectivity index (χ4v) is 5.72. The lowest BCUT2D eigenvalue weighted by atomic mass is 9.96. The van der Waals surface area contributed by atoms with Crippen molar-refractivity contribution in [1.82, 2.24) is 9.62 Å². The van der Waals surface area contributed by atoms with E-state index >= 15 is 0 Å². The van der Waals surface area contributed by atoms with Crippen LogP contribution in [0.2, 0.25) is 5.02 Å². The maximum Gasteiger partial charge on any atom is 0.223 e. The van der Waals surface area contributed by atoms with Crippen molar-refractivity contribution in [3.05, 3.63) is 70.5 Å². The number of hydrogen-bond acceptors (Lipinski definition) is 3. The fraction of sp³-hybridized carbons (Fsp3) is 0.435. The minimum absolute atomic E-state index is 0.0173.